The second kappa shape index (κ2) is 6.47. The molecule has 0 radical (unpaired) electrons. The molecule has 0 aromatic heterocycles. The van der Waals surface area contributed by atoms with Crippen LogP contribution in [0.2, 0.25) is 0 Å². The minimum Gasteiger partial charge on any atom is -0.288 e. The van der Waals surface area contributed by atoms with Gasteiger partial charge in [0.05, 0.1) is 0 Å². The summed E-state index contributed by atoms with van der Waals surface area (Å²) in [7, 11) is 0. The van der Waals surface area contributed by atoms with Crippen molar-refractivity contribution in [2.24, 2.45) is 0 Å². The fourth-order valence-corrected chi connectivity index (χ4v) is 17.5. The van der Waals surface area contributed by atoms with Crippen molar-refractivity contribution < 1.29 is 0 Å². The van der Waals surface area contributed by atoms with Gasteiger partial charge in [-0.05, 0) is 41.5 Å². The molecule has 0 N–H and O–H groups in total. The molecular weight excluding hydrogens is 384 g/mol. The fourth-order valence-electron chi connectivity index (χ4n) is 3.09. The Kier molecular flexibility index (Phi) is 6.84. The molecule has 0 aliphatic heterocycles. The predicted molar refractivity (Wildman–Crippen MR) is 97.1 cm³/mol. The molecule has 19 heavy (non-hydrogen) atoms. The summed E-state index contributed by atoms with van der Waals surface area (Å²) in [5.41, 5.74) is -1.83. The van der Waals surface area contributed by atoms with Crippen LogP contribution < -0.4 is 0 Å². The first-order valence-electron chi connectivity index (χ1n) is 7.10. The summed E-state index contributed by atoms with van der Waals surface area (Å²) >= 11 is 8.19. The van der Waals surface area contributed by atoms with E-state index in [1.165, 1.54) is 0 Å². The van der Waals surface area contributed by atoms with Crippen molar-refractivity contribution in [1.82, 2.24) is 9.13 Å². The molecule has 0 unspecified atom stereocenters. The third-order valence-corrected chi connectivity index (χ3v) is 11.2. The van der Waals surface area contributed by atoms with Gasteiger partial charge >= 0.3 is 5.64 Å². The summed E-state index contributed by atoms with van der Waals surface area (Å²) < 4.78 is 5.20. The van der Waals surface area contributed by atoms with Crippen molar-refractivity contribution in [2.45, 2.75) is 92.4 Å². The van der Waals surface area contributed by atoms with E-state index in [1.807, 2.05) is 0 Å². The van der Waals surface area contributed by atoms with Gasteiger partial charge in [-0.15, -0.1) is 0 Å². The van der Waals surface area contributed by atoms with E-state index < -0.39 is 5.64 Å². The van der Waals surface area contributed by atoms with Gasteiger partial charge in [-0.25, -0.2) is 0 Å². The number of halogens is 2. The lowest BCUT2D eigenvalue weighted by Crippen LogP contribution is -2.70. The van der Waals surface area contributed by atoms with E-state index in [2.05, 4.69) is 109 Å². The molecule has 2 nitrogen and oxygen atoms in total. The molecule has 0 atom stereocenters. The molecule has 0 aromatic carbocycles. The normalized spacial score (nSPS) is 15.2. The van der Waals surface area contributed by atoms with E-state index in [9.17, 15) is 0 Å². The molecule has 0 aromatic rings. The lowest BCUT2D eigenvalue weighted by atomic mass is 10.1. The Morgan fingerprint density at radius 1 is 0.684 bits per heavy atom. The molecule has 0 aliphatic rings. The Hall–Kier alpha value is 1.10. The maximum absolute atomic E-state index is 4.10. The largest absolute Gasteiger partial charge is 0.355 e. The monoisotopic (exact) mass is 414 g/mol. The zero-order valence-corrected chi connectivity index (χ0v) is 18.5. The van der Waals surface area contributed by atoms with Gasteiger partial charge in [0.25, 0.3) is 0 Å². The fraction of sp³-hybridized carbons (Fsp3) is 1.00. The molecule has 0 heterocycles. The zero-order valence-electron chi connectivity index (χ0n) is 14.3. The van der Waals surface area contributed by atoms with Gasteiger partial charge in [-0.2, -0.15) is 0 Å². The summed E-state index contributed by atoms with van der Waals surface area (Å²) in [5.74, 6) is 0. The number of hydrogen-bond donors (Lipinski definition) is 0. The molecule has 0 spiro atoms. The molecule has 5 heteroatoms. The molecule has 0 amide bonds. The quantitative estimate of drug-likeness (QED) is 0.458. The number of nitrogens with zero attached hydrogens (tertiary/aromatic N) is 2. The Balaban J connectivity index is 5.75. The molecule has 0 aliphatic carbocycles. The van der Waals surface area contributed by atoms with Gasteiger partial charge in [0.15, 0.2) is 0 Å². The lowest BCUT2D eigenvalue weighted by Gasteiger charge is -2.55. The van der Waals surface area contributed by atoms with Crippen LogP contribution in [0.4, 0.5) is 0 Å². The van der Waals surface area contributed by atoms with Crippen molar-refractivity contribution in [3.8, 4) is 0 Å². The second-order valence-corrected chi connectivity index (χ2v) is 19.6. The topological polar surface area (TPSA) is 6.48 Å². The molecule has 0 fully saturated rings. The highest BCUT2D eigenvalue weighted by atomic mass is 79.9. The summed E-state index contributed by atoms with van der Waals surface area (Å²) in [6, 6.07) is 0.961. The van der Waals surface area contributed by atoms with Gasteiger partial charge < -0.3 is 0 Å². The predicted octanol–water partition coefficient (Wildman–Crippen LogP) is 5.23. The minimum atomic E-state index is -2.07. The van der Waals surface area contributed by atoms with Crippen LogP contribution in [0.3, 0.4) is 0 Å². The van der Waals surface area contributed by atoms with Crippen LogP contribution in [0.25, 0.3) is 0 Å². The van der Waals surface area contributed by atoms with Crippen LogP contribution in [-0.4, -0.2) is 37.9 Å². The molecule has 0 bridgehead atoms. The van der Waals surface area contributed by atoms with Gasteiger partial charge in [0.1, 0.15) is 0 Å². The maximum Gasteiger partial charge on any atom is 0.355 e. The Morgan fingerprint density at radius 3 is 1.00 bits per heavy atom. The third-order valence-electron chi connectivity index (χ3n) is 3.06. The molecule has 116 valence electrons. The molecular formula is C14H32Br2N2Si. The van der Waals surface area contributed by atoms with Gasteiger partial charge in [0.2, 0.25) is 0 Å². The first-order valence-corrected chi connectivity index (χ1v) is 13.5. The number of rotatable bonds is 4. The summed E-state index contributed by atoms with van der Waals surface area (Å²) in [6.07, 6.45) is 0. The van der Waals surface area contributed by atoms with E-state index in [0.717, 1.165) is 0 Å². The van der Waals surface area contributed by atoms with Gasteiger partial charge in [0, 0.05) is 23.2 Å². The van der Waals surface area contributed by atoms with Crippen molar-refractivity contribution in [3.63, 3.8) is 0 Å². The van der Waals surface area contributed by atoms with E-state index in [1.54, 1.807) is 0 Å². The zero-order chi connectivity index (χ0) is 15.8. The van der Waals surface area contributed by atoms with Crippen LogP contribution in [0.1, 0.15) is 69.2 Å². The van der Waals surface area contributed by atoms with Crippen molar-refractivity contribution >= 4 is 36.2 Å². The van der Waals surface area contributed by atoms with Crippen LogP contribution in [0.5, 0.6) is 0 Å². The van der Waals surface area contributed by atoms with Gasteiger partial charge in [-0.3, -0.25) is 9.13 Å². The number of hydrogen-bond acceptors (Lipinski definition) is 2. The first kappa shape index (κ1) is 20.1. The average molecular weight is 416 g/mol. The smallest absolute Gasteiger partial charge is 0.288 e. The van der Waals surface area contributed by atoms with E-state index in [-0.39, 0.29) is 11.1 Å². The molecule has 0 rings (SSSR count). The van der Waals surface area contributed by atoms with E-state index in [0.29, 0.717) is 12.1 Å². The summed E-state index contributed by atoms with van der Waals surface area (Å²) in [6.45, 7) is 22.8. The third kappa shape index (κ3) is 5.10. The maximum atomic E-state index is 4.10. The highest BCUT2D eigenvalue weighted by Crippen LogP contribution is 2.41. The van der Waals surface area contributed by atoms with Crippen molar-refractivity contribution in [1.29, 1.82) is 0 Å². The molecule has 0 saturated carbocycles. The van der Waals surface area contributed by atoms with E-state index >= 15 is 0 Å². The average Bonchev–Trinajstić information content (AvgIpc) is 1.90. The first-order chi connectivity index (χ1) is 8.13. The standard InChI is InChI=1S/C14H32Br2N2Si/c1-11(2)17(13(5,6)7)19(15,16)18(12(3)4)14(8,9)10/h11-12H,1-10H3. The Bertz CT molecular complexity index is 263. The second-order valence-electron chi connectivity index (χ2n) is 7.78. The minimum absolute atomic E-state index is 0.117. The highest BCUT2D eigenvalue weighted by molar-refractivity contribution is 9.50. The van der Waals surface area contributed by atoms with Crippen molar-refractivity contribution in [2.75, 3.05) is 0 Å². The van der Waals surface area contributed by atoms with Crippen LogP contribution in [-0.2, 0) is 0 Å². The van der Waals surface area contributed by atoms with Crippen LogP contribution >= 0.6 is 30.6 Å². The summed E-state index contributed by atoms with van der Waals surface area (Å²) in [5, 5.41) is 0. The van der Waals surface area contributed by atoms with Crippen LogP contribution in [0.15, 0.2) is 0 Å². The highest BCUT2D eigenvalue weighted by Gasteiger charge is 2.52. The van der Waals surface area contributed by atoms with Gasteiger partial charge in [-0.1, -0.05) is 58.3 Å². The summed E-state index contributed by atoms with van der Waals surface area (Å²) in [4.78, 5) is 0. The lowest BCUT2D eigenvalue weighted by molar-refractivity contribution is 0.141. The Labute approximate surface area is 137 Å². The van der Waals surface area contributed by atoms with Crippen LogP contribution in [0, 0.1) is 0 Å². The van der Waals surface area contributed by atoms with E-state index in [4.69, 9.17) is 0 Å². The SMILES string of the molecule is CC(C)N(C(C)(C)C)[Si](Br)(Br)N(C(C)C)C(C)(C)C. The van der Waals surface area contributed by atoms with Crippen molar-refractivity contribution in [3.05, 3.63) is 0 Å². The molecule has 0 saturated heterocycles. The Morgan fingerprint density at radius 2 is 0.895 bits per heavy atom.